The average molecular weight is 350 g/mol. The number of fused-ring (bicyclic) bond motifs is 1. The van der Waals surface area contributed by atoms with Crippen LogP contribution < -0.4 is 16.0 Å². The summed E-state index contributed by atoms with van der Waals surface area (Å²) in [4.78, 5) is 17.2. The minimum Gasteiger partial charge on any atom is -0.370 e. The number of nitrogens with one attached hydrogen (secondary N) is 3. The Bertz CT molecular complexity index is 885. The van der Waals surface area contributed by atoms with Gasteiger partial charge >= 0.3 is 0 Å². The fourth-order valence-electron chi connectivity index (χ4n) is 3.18. The van der Waals surface area contributed by atoms with E-state index in [1.807, 2.05) is 42.6 Å². The van der Waals surface area contributed by atoms with Gasteiger partial charge < -0.3 is 16.0 Å². The van der Waals surface area contributed by atoms with Crippen molar-refractivity contribution in [1.29, 1.82) is 0 Å². The number of aromatic nitrogens is 3. The van der Waals surface area contributed by atoms with E-state index in [4.69, 9.17) is 0 Å². The molecule has 0 radical (unpaired) electrons. The van der Waals surface area contributed by atoms with E-state index >= 15 is 0 Å². The molecule has 7 heteroatoms. The normalized spacial score (nSPS) is 15.1. The number of nitrogens with zero attached hydrogens (tertiary/aromatic N) is 3. The number of para-hydroxylation sites is 1. The standard InChI is InChI=1S/C19H22N6O/c26-19(23-15-4-2-1-3-5-15)16-13-22-25-11-8-17(24-18(16)25)21-12-14-6-9-20-10-7-14/h1-5,8,11,13-14,20H,6-7,9-10,12H2,(H,21,24)(H,23,26). The number of anilines is 2. The van der Waals surface area contributed by atoms with Crippen LogP contribution in [0.2, 0.25) is 0 Å². The Morgan fingerprint density at radius 3 is 2.81 bits per heavy atom. The van der Waals surface area contributed by atoms with Gasteiger partial charge in [0.05, 0.1) is 6.20 Å². The van der Waals surface area contributed by atoms with E-state index in [9.17, 15) is 4.79 Å². The predicted molar refractivity (Wildman–Crippen MR) is 101 cm³/mol. The molecule has 1 fully saturated rings. The SMILES string of the molecule is O=C(Nc1ccccc1)c1cnn2ccc(NCC3CCNCC3)nc12. The third-order valence-electron chi connectivity index (χ3n) is 4.68. The first-order valence-electron chi connectivity index (χ1n) is 8.95. The van der Waals surface area contributed by atoms with Crippen LogP contribution in [0.15, 0.2) is 48.8 Å². The number of amides is 1. The molecular formula is C19H22N6O. The highest BCUT2D eigenvalue weighted by Gasteiger charge is 2.16. The molecule has 1 saturated heterocycles. The molecule has 0 spiro atoms. The Labute approximate surface area is 151 Å². The molecule has 1 amide bonds. The molecule has 0 unspecified atom stereocenters. The van der Waals surface area contributed by atoms with Crippen LogP contribution in [0.1, 0.15) is 23.2 Å². The summed E-state index contributed by atoms with van der Waals surface area (Å²) in [6, 6.07) is 11.3. The van der Waals surface area contributed by atoms with Gasteiger partial charge in [0.15, 0.2) is 5.65 Å². The molecule has 3 N–H and O–H groups in total. The number of rotatable bonds is 5. The molecule has 2 aromatic heterocycles. The van der Waals surface area contributed by atoms with Crippen molar-refractivity contribution < 1.29 is 4.79 Å². The van der Waals surface area contributed by atoms with Gasteiger partial charge in [-0.3, -0.25) is 4.79 Å². The van der Waals surface area contributed by atoms with E-state index in [-0.39, 0.29) is 5.91 Å². The third-order valence-corrected chi connectivity index (χ3v) is 4.68. The van der Waals surface area contributed by atoms with Crippen molar-refractivity contribution in [3.05, 3.63) is 54.4 Å². The maximum absolute atomic E-state index is 12.6. The highest BCUT2D eigenvalue weighted by atomic mass is 16.1. The predicted octanol–water partition coefficient (Wildman–Crippen LogP) is 2.39. The quantitative estimate of drug-likeness (QED) is 0.658. The lowest BCUT2D eigenvalue weighted by atomic mass is 9.98. The van der Waals surface area contributed by atoms with Gasteiger partial charge in [-0.05, 0) is 50.0 Å². The lowest BCUT2D eigenvalue weighted by Gasteiger charge is -2.22. The lowest BCUT2D eigenvalue weighted by molar-refractivity contribution is 0.102. The Hall–Kier alpha value is -2.93. The Balaban J connectivity index is 1.49. The van der Waals surface area contributed by atoms with E-state index in [1.54, 1.807) is 10.7 Å². The maximum atomic E-state index is 12.6. The molecule has 0 saturated carbocycles. The van der Waals surface area contributed by atoms with Gasteiger partial charge in [-0.2, -0.15) is 5.10 Å². The number of hydrogen-bond acceptors (Lipinski definition) is 5. The first-order valence-corrected chi connectivity index (χ1v) is 8.95. The summed E-state index contributed by atoms with van der Waals surface area (Å²) in [6.07, 6.45) is 5.73. The Morgan fingerprint density at radius 2 is 2.00 bits per heavy atom. The van der Waals surface area contributed by atoms with E-state index in [0.717, 1.165) is 31.1 Å². The zero-order valence-electron chi connectivity index (χ0n) is 14.5. The number of hydrogen-bond donors (Lipinski definition) is 3. The molecule has 4 rings (SSSR count). The average Bonchev–Trinajstić information content (AvgIpc) is 3.11. The maximum Gasteiger partial charge on any atom is 0.261 e. The number of benzene rings is 1. The Kier molecular flexibility index (Phi) is 4.79. The molecule has 0 atom stereocenters. The molecular weight excluding hydrogens is 328 g/mol. The largest absolute Gasteiger partial charge is 0.370 e. The van der Waals surface area contributed by atoms with Crippen LogP contribution in [0.4, 0.5) is 11.5 Å². The van der Waals surface area contributed by atoms with Crippen molar-refractivity contribution in [3.63, 3.8) is 0 Å². The van der Waals surface area contributed by atoms with Crippen molar-refractivity contribution in [2.45, 2.75) is 12.8 Å². The molecule has 7 nitrogen and oxygen atoms in total. The van der Waals surface area contributed by atoms with Crippen molar-refractivity contribution in [3.8, 4) is 0 Å². The molecule has 26 heavy (non-hydrogen) atoms. The minimum atomic E-state index is -0.214. The van der Waals surface area contributed by atoms with E-state index < -0.39 is 0 Å². The van der Waals surface area contributed by atoms with Crippen LogP contribution in [0.3, 0.4) is 0 Å². The molecule has 1 aromatic carbocycles. The van der Waals surface area contributed by atoms with E-state index in [1.165, 1.54) is 12.8 Å². The number of carbonyl (C=O) groups is 1. The summed E-state index contributed by atoms with van der Waals surface area (Å²) in [5.41, 5.74) is 1.75. The zero-order chi connectivity index (χ0) is 17.8. The van der Waals surface area contributed by atoms with Crippen molar-refractivity contribution >= 4 is 23.1 Å². The first kappa shape index (κ1) is 16.5. The Morgan fingerprint density at radius 1 is 1.19 bits per heavy atom. The molecule has 1 aliphatic heterocycles. The molecule has 3 aromatic rings. The summed E-state index contributed by atoms with van der Waals surface area (Å²) < 4.78 is 1.62. The third kappa shape index (κ3) is 3.67. The summed E-state index contributed by atoms with van der Waals surface area (Å²) in [7, 11) is 0. The smallest absolute Gasteiger partial charge is 0.261 e. The van der Waals surface area contributed by atoms with Crippen LogP contribution in [-0.4, -0.2) is 40.1 Å². The van der Waals surface area contributed by atoms with Gasteiger partial charge in [0, 0.05) is 18.4 Å². The van der Waals surface area contributed by atoms with Gasteiger partial charge in [-0.15, -0.1) is 0 Å². The number of carbonyl (C=O) groups excluding carboxylic acids is 1. The van der Waals surface area contributed by atoms with Crippen LogP contribution in [-0.2, 0) is 0 Å². The highest BCUT2D eigenvalue weighted by molar-refractivity contribution is 6.08. The molecule has 134 valence electrons. The van der Waals surface area contributed by atoms with E-state index in [0.29, 0.717) is 17.1 Å². The van der Waals surface area contributed by atoms with Crippen molar-refractivity contribution in [2.24, 2.45) is 5.92 Å². The minimum absolute atomic E-state index is 0.214. The summed E-state index contributed by atoms with van der Waals surface area (Å²) in [5.74, 6) is 1.21. The van der Waals surface area contributed by atoms with Gasteiger partial charge in [-0.25, -0.2) is 9.50 Å². The highest BCUT2D eigenvalue weighted by Crippen LogP contribution is 2.16. The van der Waals surface area contributed by atoms with Crippen LogP contribution in [0.25, 0.3) is 5.65 Å². The van der Waals surface area contributed by atoms with Crippen LogP contribution in [0, 0.1) is 5.92 Å². The number of piperidine rings is 1. The summed E-state index contributed by atoms with van der Waals surface area (Å²) >= 11 is 0. The fraction of sp³-hybridized carbons (Fsp3) is 0.316. The second-order valence-corrected chi connectivity index (χ2v) is 6.53. The molecule has 0 bridgehead atoms. The lowest BCUT2D eigenvalue weighted by Crippen LogP contribution is -2.31. The van der Waals surface area contributed by atoms with Crippen molar-refractivity contribution in [1.82, 2.24) is 19.9 Å². The van der Waals surface area contributed by atoms with Gasteiger partial charge in [-0.1, -0.05) is 18.2 Å². The van der Waals surface area contributed by atoms with Gasteiger partial charge in [0.1, 0.15) is 11.4 Å². The van der Waals surface area contributed by atoms with E-state index in [2.05, 4.69) is 26.0 Å². The first-order chi connectivity index (χ1) is 12.8. The topological polar surface area (TPSA) is 83.4 Å². The molecule has 3 heterocycles. The fourth-order valence-corrected chi connectivity index (χ4v) is 3.18. The molecule has 1 aliphatic rings. The molecule has 0 aliphatic carbocycles. The zero-order valence-corrected chi connectivity index (χ0v) is 14.5. The van der Waals surface area contributed by atoms with Gasteiger partial charge in [0.2, 0.25) is 0 Å². The van der Waals surface area contributed by atoms with Crippen molar-refractivity contribution in [2.75, 3.05) is 30.3 Å². The summed E-state index contributed by atoms with van der Waals surface area (Å²) in [5, 5.41) is 13.9. The second-order valence-electron chi connectivity index (χ2n) is 6.53. The van der Waals surface area contributed by atoms with Crippen LogP contribution in [0.5, 0.6) is 0 Å². The summed E-state index contributed by atoms with van der Waals surface area (Å²) in [6.45, 7) is 3.04. The van der Waals surface area contributed by atoms with Crippen LogP contribution >= 0.6 is 0 Å². The second kappa shape index (κ2) is 7.53. The monoisotopic (exact) mass is 350 g/mol. The van der Waals surface area contributed by atoms with Gasteiger partial charge in [0.25, 0.3) is 5.91 Å².